The first-order valence-electron chi connectivity index (χ1n) is 8.96. The van der Waals surface area contributed by atoms with Gasteiger partial charge < -0.3 is 4.42 Å². The van der Waals surface area contributed by atoms with Crippen molar-refractivity contribution in [3.05, 3.63) is 76.9 Å². The SMILES string of the molecule is O=c1[nH]nc(C2CCCN(CC=Cc3ccco3)C2)n1-c1ccccc1. The molecule has 1 aliphatic heterocycles. The van der Waals surface area contributed by atoms with Crippen LogP contribution in [0.2, 0.25) is 0 Å². The van der Waals surface area contributed by atoms with Gasteiger partial charge in [-0.05, 0) is 49.7 Å². The Labute approximate surface area is 151 Å². The molecule has 1 unspecified atom stereocenters. The molecule has 1 N–H and O–H groups in total. The summed E-state index contributed by atoms with van der Waals surface area (Å²) >= 11 is 0. The normalized spacial score (nSPS) is 18.5. The molecule has 3 heterocycles. The third-order valence-corrected chi connectivity index (χ3v) is 4.77. The largest absolute Gasteiger partial charge is 0.465 e. The minimum Gasteiger partial charge on any atom is -0.465 e. The standard InChI is InChI=1S/C20H22N4O2/c25-20-22-21-19(24(20)17-8-2-1-3-9-17)16-7-4-12-23(15-16)13-5-10-18-11-6-14-26-18/h1-3,5-6,8-11,14,16H,4,7,12-13,15H2,(H,22,25). The molecular weight excluding hydrogens is 328 g/mol. The van der Waals surface area contributed by atoms with E-state index in [0.717, 1.165) is 49.7 Å². The van der Waals surface area contributed by atoms with Gasteiger partial charge in [0.25, 0.3) is 0 Å². The number of rotatable bonds is 5. The van der Waals surface area contributed by atoms with Crippen LogP contribution in [0, 0.1) is 0 Å². The van der Waals surface area contributed by atoms with Crippen LogP contribution in [0.4, 0.5) is 0 Å². The lowest BCUT2D eigenvalue weighted by Crippen LogP contribution is -2.35. The van der Waals surface area contributed by atoms with E-state index in [1.165, 1.54) is 0 Å². The second kappa shape index (κ2) is 7.58. The lowest BCUT2D eigenvalue weighted by Gasteiger charge is -2.31. The van der Waals surface area contributed by atoms with E-state index in [2.05, 4.69) is 21.2 Å². The summed E-state index contributed by atoms with van der Waals surface area (Å²) in [5.41, 5.74) is 0.678. The number of nitrogens with zero attached hydrogens (tertiary/aromatic N) is 3. The van der Waals surface area contributed by atoms with Crippen LogP contribution >= 0.6 is 0 Å². The first-order valence-corrected chi connectivity index (χ1v) is 8.96. The van der Waals surface area contributed by atoms with Gasteiger partial charge in [0.15, 0.2) is 0 Å². The molecule has 0 radical (unpaired) electrons. The maximum Gasteiger partial charge on any atom is 0.347 e. The highest BCUT2D eigenvalue weighted by Crippen LogP contribution is 2.26. The summed E-state index contributed by atoms with van der Waals surface area (Å²) in [4.78, 5) is 14.7. The van der Waals surface area contributed by atoms with Crippen molar-refractivity contribution >= 4 is 6.08 Å². The lowest BCUT2D eigenvalue weighted by molar-refractivity contribution is 0.223. The highest BCUT2D eigenvalue weighted by molar-refractivity contribution is 5.42. The van der Waals surface area contributed by atoms with Crippen molar-refractivity contribution < 1.29 is 4.42 Å². The van der Waals surface area contributed by atoms with E-state index < -0.39 is 0 Å². The Morgan fingerprint density at radius 2 is 2.12 bits per heavy atom. The molecule has 1 saturated heterocycles. The number of hydrogen-bond donors (Lipinski definition) is 1. The second-order valence-corrected chi connectivity index (χ2v) is 6.57. The summed E-state index contributed by atoms with van der Waals surface area (Å²) in [5, 5.41) is 6.96. The molecule has 6 nitrogen and oxygen atoms in total. The molecule has 4 rings (SSSR count). The Hall–Kier alpha value is -2.86. The number of nitrogens with one attached hydrogen (secondary N) is 1. The van der Waals surface area contributed by atoms with Gasteiger partial charge in [0.05, 0.1) is 12.0 Å². The van der Waals surface area contributed by atoms with Gasteiger partial charge in [-0.2, -0.15) is 5.10 Å². The van der Waals surface area contributed by atoms with E-state index in [1.54, 1.807) is 10.8 Å². The summed E-state index contributed by atoms with van der Waals surface area (Å²) < 4.78 is 7.02. The summed E-state index contributed by atoms with van der Waals surface area (Å²) in [6.45, 7) is 2.80. The maximum atomic E-state index is 12.3. The van der Waals surface area contributed by atoms with Crippen LogP contribution in [0.5, 0.6) is 0 Å². The molecule has 0 spiro atoms. The average molecular weight is 350 g/mol. The van der Waals surface area contributed by atoms with Crippen molar-refractivity contribution in [2.75, 3.05) is 19.6 Å². The number of hydrogen-bond acceptors (Lipinski definition) is 4. The Kier molecular flexibility index (Phi) is 4.84. The van der Waals surface area contributed by atoms with Crippen molar-refractivity contribution in [2.24, 2.45) is 0 Å². The minimum absolute atomic E-state index is 0.180. The molecule has 1 fully saturated rings. The molecule has 0 bridgehead atoms. The summed E-state index contributed by atoms with van der Waals surface area (Å²) in [6.07, 6.45) is 7.93. The third-order valence-electron chi connectivity index (χ3n) is 4.77. The van der Waals surface area contributed by atoms with Gasteiger partial charge in [-0.25, -0.2) is 14.5 Å². The second-order valence-electron chi connectivity index (χ2n) is 6.57. The zero-order valence-corrected chi connectivity index (χ0v) is 14.5. The predicted octanol–water partition coefficient (Wildman–Crippen LogP) is 3.05. The van der Waals surface area contributed by atoms with Gasteiger partial charge in [-0.3, -0.25) is 4.90 Å². The number of aromatic nitrogens is 3. The Balaban J connectivity index is 1.49. The fourth-order valence-electron chi connectivity index (χ4n) is 3.55. The fourth-order valence-corrected chi connectivity index (χ4v) is 3.55. The monoisotopic (exact) mass is 350 g/mol. The molecule has 2 aromatic heterocycles. The Bertz CT molecular complexity index is 909. The molecule has 1 atom stereocenters. The van der Waals surface area contributed by atoms with Crippen LogP contribution in [0.1, 0.15) is 30.3 Å². The smallest absolute Gasteiger partial charge is 0.347 e. The number of piperidine rings is 1. The number of H-pyrrole nitrogens is 1. The minimum atomic E-state index is -0.180. The zero-order chi connectivity index (χ0) is 17.8. The number of aromatic amines is 1. The molecule has 26 heavy (non-hydrogen) atoms. The van der Waals surface area contributed by atoms with Crippen molar-refractivity contribution in [1.29, 1.82) is 0 Å². The van der Waals surface area contributed by atoms with Crippen LogP contribution in [-0.2, 0) is 0 Å². The first-order chi connectivity index (χ1) is 12.8. The van der Waals surface area contributed by atoms with Gasteiger partial charge in [0.1, 0.15) is 11.6 Å². The first kappa shape index (κ1) is 16.6. The fraction of sp³-hybridized carbons (Fsp3) is 0.300. The molecule has 0 aliphatic carbocycles. The summed E-state index contributed by atoms with van der Waals surface area (Å²) in [6, 6.07) is 13.5. The number of benzene rings is 1. The van der Waals surface area contributed by atoms with Gasteiger partial charge in [-0.15, -0.1) is 0 Å². The van der Waals surface area contributed by atoms with Gasteiger partial charge in [0, 0.05) is 19.0 Å². The van der Waals surface area contributed by atoms with Crippen molar-refractivity contribution in [1.82, 2.24) is 19.7 Å². The summed E-state index contributed by atoms with van der Waals surface area (Å²) in [5.74, 6) is 1.92. The molecule has 1 aromatic carbocycles. The van der Waals surface area contributed by atoms with E-state index in [-0.39, 0.29) is 11.6 Å². The molecule has 134 valence electrons. The average Bonchev–Trinajstić information content (AvgIpc) is 3.32. The van der Waals surface area contributed by atoms with Gasteiger partial charge in [0.2, 0.25) is 0 Å². The zero-order valence-electron chi connectivity index (χ0n) is 14.5. The van der Waals surface area contributed by atoms with E-state index in [1.807, 2.05) is 48.5 Å². The number of para-hydroxylation sites is 1. The maximum absolute atomic E-state index is 12.3. The van der Waals surface area contributed by atoms with E-state index in [9.17, 15) is 4.79 Å². The van der Waals surface area contributed by atoms with Crippen LogP contribution in [-0.4, -0.2) is 39.3 Å². The van der Waals surface area contributed by atoms with Crippen molar-refractivity contribution in [2.45, 2.75) is 18.8 Å². The highest BCUT2D eigenvalue weighted by Gasteiger charge is 2.26. The Morgan fingerprint density at radius 3 is 2.92 bits per heavy atom. The molecular formula is C20H22N4O2. The molecule has 1 aliphatic rings. The molecule has 6 heteroatoms. The molecule has 3 aromatic rings. The summed E-state index contributed by atoms with van der Waals surface area (Å²) in [7, 11) is 0. The van der Waals surface area contributed by atoms with Crippen LogP contribution in [0.15, 0.2) is 64.0 Å². The molecule has 0 amide bonds. The molecule has 0 saturated carbocycles. The predicted molar refractivity (Wildman–Crippen MR) is 100 cm³/mol. The lowest BCUT2D eigenvalue weighted by atomic mass is 9.97. The van der Waals surface area contributed by atoms with Crippen LogP contribution in [0.25, 0.3) is 11.8 Å². The van der Waals surface area contributed by atoms with Crippen LogP contribution < -0.4 is 5.69 Å². The topological polar surface area (TPSA) is 67.1 Å². The van der Waals surface area contributed by atoms with E-state index in [0.29, 0.717) is 0 Å². The third kappa shape index (κ3) is 3.55. The van der Waals surface area contributed by atoms with Crippen LogP contribution in [0.3, 0.4) is 0 Å². The number of furan rings is 1. The van der Waals surface area contributed by atoms with Crippen molar-refractivity contribution in [3.8, 4) is 5.69 Å². The van der Waals surface area contributed by atoms with Gasteiger partial charge in [-0.1, -0.05) is 24.3 Å². The number of likely N-dealkylation sites (tertiary alicyclic amines) is 1. The van der Waals surface area contributed by atoms with Crippen molar-refractivity contribution in [3.63, 3.8) is 0 Å². The Morgan fingerprint density at radius 1 is 1.23 bits per heavy atom. The van der Waals surface area contributed by atoms with E-state index in [4.69, 9.17) is 4.42 Å². The van der Waals surface area contributed by atoms with E-state index >= 15 is 0 Å². The van der Waals surface area contributed by atoms with Gasteiger partial charge >= 0.3 is 5.69 Å². The highest BCUT2D eigenvalue weighted by atomic mass is 16.3. The quantitative estimate of drug-likeness (QED) is 0.768.